The van der Waals surface area contributed by atoms with Gasteiger partial charge in [0.1, 0.15) is 0 Å². The number of aryl methyl sites for hydroxylation is 1. The number of nitrogens with one attached hydrogen (secondary N) is 1. The SMILES string of the molecule is C=CCCC(CCc1ccncc1)NCCC. The number of allylic oxidation sites excluding steroid dienone is 1. The van der Waals surface area contributed by atoms with Crippen molar-refractivity contribution >= 4 is 0 Å². The Morgan fingerprint density at radius 2 is 2.12 bits per heavy atom. The minimum Gasteiger partial charge on any atom is -0.314 e. The van der Waals surface area contributed by atoms with E-state index in [1.165, 1.54) is 24.8 Å². The first-order valence-electron chi connectivity index (χ1n) is 6.60. The van der Waals surface area contributed by atoms with Crippen molar-refractivity contribution in [1.82, 2.24) is 10.3 Å². The summed E-state index contributed by atoms with van der Waals surface area (Å²) in [5, 5.41) is 3.61. The van der Waals surface area contributed by atoms with Crippen LogP contribution in [0.5, 0.6) is 0 Å². The Labute approximate surface area is 105 Å². The van der Waals surface area contributed by atoms with Gasteiger partial charge in [0.25, 0.3) is 0 Å². The van der Waals surface area contributed by atoms with Crippen LogP contribution in [-0.2, 0) is 6.42 Å². The topological polar surface area (TPSA) is 24.9 Å². The largest absolute Gasteiger partial charge is 0.314 e. The van der Waals surface area contributed by atoms with Gasteiger partial charge in [-0.3, -0.25) is 4.98 Å². The van der Waals surface area contributed by atoms with Gasteiger partial charge in [0.05, 0.1) is 0 Å². The van der Waals surface area contributed by atoms with Crippen molar-refractivity contribution in [3.8, 4) is 0 Å². The summed E-state index contributed by atoms with van der Waals surface area (Å²) in [5.41, 5.74) is 1.38. The second kappa shape index (κ2) is 8.94. The molecule has 0 radical (unpaired) electrons. The van der Waals surface area contributed by atoms with E-state index in [4.69, 9.17) is 0 Å². The number of nitrogens with zero attached hydrogens (tertiary/aromatic N) is 1. The van der Waals surface area contributed by atoms with Crippen molar-refractivity contribution < 1.29 is 0 Å². The molecule has 94 valence electrons. The van der Waals surface area contributed by atoms with Gasteiger partial charge >= 0.3 is 0 Å². The van der Waals surface area contributed by atoms with Gasteiger partial charge in [-0.2, -0.15) is 0 Å². The van der Waals surface area contributed by atoms with Gasteiger partial charge in [-0.05, 0) is 56.3 Å². The van der Waals surface area contributed by atoms with Crippen LogP contribution in [0.15, 0.2) is 37.2 Å². The minimum atomic E-state index is 0.612. The third kappa shape index (κ3) is 6.22. The van der Waals surface area contributed by atoms with Crippen LogP contribution in [0.3, 0.4) is 0 Å². The highest BCUT2D eigenvalue weighted by atomic mass is 14.9. The fraction of sp³-hybridized carbons (Fsp3) is 0.533. The van der Waals surface area contributed by atoms with Gasteiger partial charge in [0.2, 0.25) is 0 Å². The van der Waals surface area contributed by atoms with Crippen molar-refractivity contribution in [2.45, 2.75) is 45.1 Å². The molecule has 1 aromatic heterocycles. The number of aromatic nitrogens is 1. The van der Waals surface area contributed by atoms with E-state index in [-0.39, 0.29) is 0 Å². The monoisotopic (exact) mass is 232 g/mol. The van der Waals surface area contributed by atoms with Crippen molar-refractivity contribution in [3.05, 3.63) is 42.7 Å². The number of hydrogen-bond acceptors (Lipinski definition) is 2. The minimum absolute atomic E-state index is 0.612. The standard InChI is InChI=1S/C15H24N2/c1-3-5-6-15(17-11-4-2)8-7-14-9-12-16-13-10-14/h3,9-10,12-13,15,17H,1,4-8,11H2,2H3. The van der Waals surface area contributed by atoms with Crippen LogP contribution in [0.2, 0.25) is 0 Å². The number of pyridine rings is 1. The average molecular weight is 232 g/mol. The first-order valence-corrected chi connectivity index (χ1v) is 6.60. The Kier molecular flexibility index (Phi) is 7.32. The molecule has 2 heteroatoms. The summed E-state index contributed by atoms with van der Waals surface area (Å²) in [5.74, 6) is 0. The summed E-state index contributed by atoms with van der Waals surface area (Å²) in [6.07, 6.45) is 11.5. The second-order valence-electron chi connectivity index (χ2n) is 4.41. The number of hydrogen-bond donors (Lipinski definition) is 1. The zero-order valence-electron chi connectivity index (χ0n) is 10.9. The van der Waals surface area contributed by atoms with Gasteiger partial charge in [0.15, 0.2) is 0 Å². The highest BCUT2D eigenvalue weighted by Crippen LogP contribution is 2.08. The van der Waals surface area contributed by atoms with Crippen LogP contribution in [0.25, 0.3) is 0 Å². The Balaban J connectivity index is 2.34. The molecule has 0 aliphatic heterocycles. The molecule has 17 heavy (non-hydrogen) atoms. The van der Waals surface area contributed by atoms with E-state index < -0.39 is 0 Å². The maximum Gasteiger partial charge on any atom is 0.0270 e. The summed E-state index contributed by atoms with van der Waals surface area (Å²) < 4.78 is 0. The van der Waals surface area contributed by atoms with Gasteiger partial charge < -0.3 is 5.32 Å². The molecule has 0 saturated heterocycles. The van der Waals surface area contributed by atoms with Crippen molar-refractivity contribution in [1.29, 1.82) is 0 Å². The predicted molar refractivity (Wildman–Crippen MR) is 74.1 cm³/mol. The Morgan fingerprint density at radius 1 is 1.35 bits per heavy atom. The summed E-state index contributed by atoms with van der Waals surface area (Å²) in [6, 6.07) is 4.82. The molecular formula is C15H24N2. The Bertz CT molecular complexity index is 295. The Morgan fingerprint density at radius 3 is 2.76 bits per heavy atom. The third-order valence-electron chi connectivity index (χ3n) is 2.93. The molecule has 0 bridgehead atoms. The van der Waals surface area contributed by atoms with Crippen LogP contribution in [0.1, 0.15) is 38.2 Å². The molecule has 0 spiro atoms. The first-order chi connectivity index (χ1) is 8.36. The predicted octanol–water partition coefficient (Wildman–Crippen LogP) is 3.35. The smallest absolute Gasteiger partial charge is 0.0270 e. The van der Waals surface area contributed by atoms with E-state index in [9.17, 15) is 0 Å². The molecule has 0 aliphatic carbocycles. The van der Waals surface area contributed by atoms with Gasteiger partial charge in [0, 0.05) is 18.4 Å². The van der Waals surface area contributed by atoms with Crippen LogP contribution in [0, 0.1) is 0 Å². The van der Waals surface area contributed by atoms with Crippen molar-refractivity contribution in [2.75, 3.05) is 6.54 Å². The van der Waals surface area contributed by atoms with Crippen molar-refractivity contribution in [3.63, 3.8) is 0 Å². The molecular weight excluding hydrogens is 208 g/mol. The van der Waals surface area contributed by atoms with Crippen molar-refractivity contribution in [2.24, 2.45) is 0 Å². The van der Waals surface area contributed by atoms with Crippen LogP contribution in [-0.4, -0.2) is 17.6 Å². The molecule has 1 N–H and O–H groups in total. The lowest BCUT2D eigenvalue weighted by atomic mass is 10.0. The maximum absolute atomic E-state index is 4.04. The molecule has 0 fully saturated rings. The van der Waals surface area contributed by atoms with Crippen LogP contribution < -0.4 is 5.32 Å². The van der Waals surface area contributed by atoms with E-state index in [1.54, 1.807) is 0 Å². The van der Waals surface area contributed by atoms with E-state index in [0.717, 1.165) is 19.4 Å². The maximum atomic E-state index is 4.04. The molecule has 1 rings (SSSR count). The lowest BCUT2D eigenvalue weighted by Crippen LogP contribution is -2.30. The van der Waals surface area contributed by atoms with E-state index >= 15 is 0 Å². The fourth-order valence-electron chi connectivity index (χ4n) is 1.91. The van der Waals surface area contributed by atoms with E-state index in [2.05, 4.69) is 35.9 Å². The summed E-state index contributed by atoms with van der Waals surface area (Å²) in [4.78, 5) is 4.04. The molecule has 2 nitrogen and oxygen atoms in total. The van der Waals surface area contributed by atoms with Crippen LogP contribution >= 0.6 is 0 Å². The zero-order chi connectivity index (χ0) is 12.3. The molecule has 1 heterocycles. The summed E-state index contributed by atoms with van der Waals surface area (Å²) >= 11 is 0. The summed E-state index contributed by atoms with van der Waals surface area (Å²) in [7, 11) is 0. The number of rotatable bonds is 9. The first kappa shape index (κ1) is 13.9. The zero-order valence-corrected chi connectivity index (χ0v) is 10.9. The quantitative estimate of drug-likeness (QED) is 0.660. The lowest BCUT2D eigenvalue weighted by Gasteiger charge is -2.17. The summed E-state index contributed by atoms with van der Waals surface area (Å²) in [6.45, 7) is 7.11. The molecule has 1 atom stereocenters. The lowest BCUT2D eigenvalue weighted by molar-refractivity contribution is 0.456. The normalized spacial score (nSPS) is 12.3. The fourth-order valence-corrected chi connectivity index (χ4v) is 1.91. The molecule has 0 saturated carbocycles. The molecule has 0 aromatic carbocycles. The molecule has 0 aliphatic rings. The van der Waals surface area contributed by atoms with E-state index in [1.807, 2.05) is 18.5 Å². The second-order valence-corrected chi connectivity index (χ2v) is 4.41. The van der Waals surface area contributed by atoms with Gasteiger partial charge in [-0.1, -0.05) is 13.0 Å². The third-order valence-corrected chi connectivity index (χ3v) is 2.93. The van der Waals surface area contributed by atoms with Gasteiger partial charge in [-0.15, -0.1) is 6.58 Å². The highest BCUT2D eigenvalue weighted by Gasteiger charge is 2.06. The Hall–Kier alpha value is -1.15. The highest BCUT2D eigenvalue weighted by molar-refractivity contribution is 5.09. The molecule has 1 aromatic rings. The van der Waals surface area contributed by atoms with E-state index in [0.29, 0.717) is 6.04 Å². The molecule has 0 amide bonds. The van der Waals surface area contributed by atoms with Crippen LogP contribution in [0.4, 0.5) is 0 Å². The van der Waals surface area contributed by atoms with Gasteiger partial charge in [-0.25, -0.2) is 0 Å². The average Bonchev–Trinajstić information content (AvgIpc) is 2.39. The molecule has 1 unspecified atom stereocenters.